The fourth-order valence-corrected chi connectivity index (χ4v) is 1.18. The molecule has 0 aliphatic heterocycles. The normalized spacial score (nSPS) is 10.4. The summed E-state index contributed by atoms with van der Waals surface area (Å²) in [6.45, 7) is 6.82. The van der Waals surface area contributed by atoms with Crippen LogP contribution in [-0.4, -0.2) is 18.7 Å². The van der Waals surface area contributed by atoms with Gasteiger partial charge in [0.1, 0.15) is 0 Å². The van der Waals surface area contributed by atoms with E-state index in [1.807, 2.05) is 19.2 Å². The van der Waals surface area contributed by atoms with Crippen molar-refractivity contribution in [1.82, 2.24) is 4.98 Å². The number of nitrogens with zero attached hydrogens (tertiary/aromatic N) is 1. The maximum absolute atomic E-state index is 5.43. The van der Waals surface area contributed by atoms with Gasteiger partial charge >= 0.3 is 0 Å². The van der Waals surface area contributed by atoms with E-state index in [4.69, 9.17) is 9.47 Å². The van der Waals surface area contributed by atoms with E-state index in [9.17, 15) is 0 Å². The van der Waals surface area contributed by atoms with Gasteiger partial charge in [0.15, 0.2) is 5.75 Å². The molecule has 0 N–H and O–H groups in total. The number of rotatable bonds is 4. The van der Waals surface area contributed by atoms with Crippen molar-refractivity contribution in [2.45, 2.75) is 26.7 Å². The summed E-state index contributed by atoms with van der Waals surface area (Å²) in [5.74, 6) is 1.73. The average Bonchev–Trinajstić information content (AvgIpc) is 2.18. The lowest BCUT2D eigenvalue weighted by atomic mass is 10.1. The highest BCUT2D eigenvalue weighted by Crippen LogP contribution is 2.27. The van der Waals surface area contributed by atoms with E-state index in [0.29, 0.717) is 18.4 Å². The van der Waals surface area contributed by atoms with Crippen molar-refractivity contribution in [2.24, 2.45) is 0 Å². The third-order valence-corrected chi connectivity index (χ3v) is 2.00. The molecule has 78 valence electrons. The molecule has 0 aromatic carbocycles. The van der Waals surface area contributed by atoms with Gasteiger partial charge in [-0.1, -0.05) is 13.8 Å². The Morgan fingerprint density at radius 1 is 1.43 bits per heavy atom. The second-order valence-corrected chi connectivity index (χ2v) is 3.36. The summed E-state index contributed by atoms with van der Waals surface area (Å²) < 4.78 is 10.5. The van der Waals surface area contributed by atoms with Gasteiger partial charge < -0.3 is 9.47 Å². The molecule has 1 rings (SSSR count). The number of hydrogen-bond donors (Lipinski definition) is 0. The van der Waals surface area contributed by atoms with Crippen LogP contribution >= 0.6 is 0 Å². The quantitative estimate of drug-likeness (QED) is 0.740. The highest BCUT2D eigenvalue weighted by Gasteiger charge is 2.08. The van der Waals surface area contributed by atoms with Crippen molar-refractivity contribution >= 4 is 0 Å². The molecule has 0 saturated heterocycles. The summed E-state index contributed by atoms with van der Waals surface area (Å²) in [7, 11) is 1.60. The zero-order chi connectivity index (χ0) is 10.6. The van der Waals surface area contributed by atoms with Crippen LogP contribution in [0.15, 0.2) is 12.3 Å². The number of aromatic nitrogens is 1. The predicted octanol–water partition coefficient (Wildman–Crippen LogP) is 2.61. The van der Waals surface area contributed by atoms with Gasteiger partial charge in [0.25, 0.3) is 5.88 Å². The summed E-state index contributed by atoms with van der Waals surface area (Å²) in [4.78, 5) is 4.19. The van der Waals surface area contributed by atoms with Gasteiger partial charge in [0.05, 0.1) is 13.7 Å². The minimum Gasteiger partial charge on any atom is -0.488 e. The molecule has 0 aliphatic rings. The molecule has 0 unspecified atom stereocenters. The highest BCUT2D eigenvalue weighted by atomic mass is 16.5. The van der Waals surface area contributed by atoms with E-state index in [1.54, 1.807) is 7.11 Å². The molecule has 1 heterocycles. The van der Waals surface area contributed by atoms with Crippen molar-refractivity contribution in [3.63, 3.8) is 0 Å². The van der Waals surface area contributed by atoms with Gasteiger partial charge in [-0.3, -0.25) is 0 Å². The maximum Gasteiger partial charge on any atom is 0.256 e. The summed E-state index contributed by atoms with van der Waals surface area (Å²) in [6, 6.07) is 1.99. The number of ether oxygens (including phenoxy) is 2. The van der Waals surface area contributed by atoms with Crippen LogP contribution < -0.4 is 9.47 Å². The third-order valence-electron chi connectivity index (χ3n) is 2.00. The van der Waals surface area contributed by atoms with Crippen LogP contribution in [0.1, 0.15) is 32.3 Å². The second-order valence-electron chi connectivity index (χ2n) is 3.36. The fraction of sp³-hybridized carbons (Fsp3) is 0.545. The van der Waals surface area contributed by atoms with Crippen LogP contribution in [0.25, 0.3) is 0 Å². The topological polar surface area (TPSA) is 31.4 Å². The number of methoxy groups -OCH3 is 1. The minimum absolute atomic E-state index is 0.451. The van der Waals surface area contributed by atoms with Crippen molar-refractivity contribution < 1.29 is 9.47 Å². The molecular weight excluding hydrogens is 178 g/mol. The van der Waals surface area contributed by atoms with E-state index in [1.165, 1.54) is 0 Å². The van der Waals surface area contributed by atoms with Crippen molar-refractivity contribution in [1.29, 1.82) is 0 Å². The standard InChI is InChI=1S/C11H17NO2/c1-5-14-10-6-9(8(2)3)7-12-11(10)13-4/h6-8H,5H2,1-4H3. The first-order valence-electron chi connectivity index (χ1n) is 4.85. The number of hydrogen-bond acceptors (Lipinski definition) is 3. The summed E-state index contributed by atoms with van der Waals surface area (Å²) in [5, 5.41) is 0. The Morgan fingerprint density at radius 3 is 2.64 bits per heavy atom. The lowest BCUT2D eigenvalue weighted by Crippen LogP contribution is -1.99. The zero-order valence-electron chi connectivity index (χ0n) is 9.20. The van der Waals surface area contributed by atoms with Gasteiger partial charge in [0.2, 0.25) is 0 Å². The van der Waals surface area contributed by atoms with Crippen LogP contribution in [0, 0.1) is 0 Å². The lowest BCUT2D eigenvalue weighted by Gasteiger charge is -2.11. The molecule has 0 spiro atoms. The van der Waals surface area contributed by atoms with E-state index in [2.05, 4.69) is 18.8 Å². The van der Waals surface area contributed by atoms with Crippen molar-refractivity contribution in [3.8, 4) is 11.6 Å². The maximum atomic E-state index is 5.43. The Labute approximate surface area is 85.1 Å². The molecule has 3 heteroatoms. The monoisotopic (exact) mass is 195 g/mol. The molecule has 0 bridgehead atoms. The van der Waals surface area contributed by atoms with Crippen LogP contribution in [0.3, 0.4) is 0 Å². The summed E-state index contributed by atoms with van der Waals surface area (Å²) >= 11 is 0. The molecule has 0 saturated carbocycles. The minimum atomic E-state index is 0.451. The van der Waals surface area contributed by atoms with E-state index < -0.39 is 0 Å². The smallest absolute Gasteiger partial charge is 0.256 e. The Morgan fingerprint density at radius 2 is 2.14 bits per heavy atom. The first kappa shape index (κ1) is 10.8. The molecule has 0 radical (unpaired) electrons. The highest BCUT2D eigenvalue weighted by molar-refractivity contribution is 5.37. The Balaban J connectivity index is 3.01. The van der Waals surface area contributed by atoms with Gasteiger partial charge in [-0.15, -0.1) is 0 Å². The van der Waals surface area contributed by atoms with Crippen molar-refractivity contribution in [3.05, 3.63) is 17.8 Å². The van der Waals surface area contributed by atoms with Crippen LogP contribution in [0.4, 0.5) is 0 Å². The van der Waals surface area contributed by atoms with Crippen molar-refractivity contribution in [2.75, 3.05) is 13.7 Å². The Hall–Kier alpha value is -1.25. The fourth-order valence-electron chi connectivity index (χ4n) is 1.18. The molecule has 0 atom stereocenters. The molecule has 14 heavy (non-hydrogen) atoms. The Kier molecular flexibility index (Phi) is 3.74. The van der Waals surface area contributed by atoms with Gasteiger partial charge in [-0.05, 0) is 24.5 Å². The molecule has 0 aliphatic carbocycles. The van der Waals surface area contributed by atoms with Crippen LogP contribution in [-0.2, 0) is 0 Å². The molecule has 0 amide bonds. The average molecular weight is 195 g/mol. The van der Waals surface area contributed by atoms with E-state index in [0.717, 1.165) is 11.3 Å². The van der Waals surface area contributed by atoms with Gasteiger partial charge in [0, 0.05) is 6.20 Å². The molecule has 0 fully saturated rings. The summed E-state index contributed by atoms with van der Waals surface area (Å²) in [5.41, 5.74) is 1.16. The molecular formula is C11H17NO2. The molecule has 1 aromatic rings. The van der Waals surface area contributed by atoms with Crippen LogP contribution in [0.5, 0.6) is 11.6 Å². The lowest BCUT2D eigenvalue weighted by molar-refractivity contribution is 0.303. The van der Waals surface area contributed by atoms with Gasteiger partial charge in [-0.2, -0.15) is 0 Å². The van der Waals surface area contributed by atoms with Crippen LogP contribution in [0.2, 0.25) is 0 Å². The SMILES string of the molecule is CCOc1cc(C(C)C)cnc1OC. The van der Waals surface area contributed by atoms with Gasteiger partial charge in [-0.25, -0.2) is 4.98 Å². The molecule has 1 aromatic heterocycles. The Bertz CT molecular complexity index is 297. The zero-order valence-corrected chi connectivity index (χ0v) is 9.20. The first-order chi connectivity index (χ1) is 6.69. The van der Waals surface area contributed by atoms with E-state index >= 15 is 0 Å². The van der Waals surface area contributed by atoms with E-state index in [-0.39, 0.29) is 0 Å². The third kappa shape index (κ3) is 2.37. The number of pyridine rings is 1. The first-order valence-corrected chi connectivity index (χ1v) is 4.85. The molecule has 3 nitrogen and oxygen atoms in total. The predicted molar refractivity (Wildman–Crippen MR) is 56.0 cm³/mol. The largest absolute Gasteiger partial charge is 0.488 e. The second kappa shape index (κ2) is 4.84. The summed E-state index contributed by atoms with van der Waals surface area (Å²) in [6.07, 6.45) is 1.83.